The first-order valence-electron chi connectivity index (χ1n) is 10.4. The number of dihydropyridines is 1. The second kappa shape index (κ2) is 11.6. The molecular weight excluding hydrogens is 424 g/mol. The number of hydrogen-bond donors (Lipinski definition) is 1. The number of benzene rings is 1. The minimum atomic E-state index is -0.907. The summed E-state index contributed by atoms with van der Waals surface area (Å²) in [6.45, 7) is 10.7. The van der Waals surface area contributed by atoms with Crippen molar-refractivity contribution in [3.05, 3.63) is 98.9 Å². The smallest absolute Gasteiger partial charge is 0.337 e. The lowest BCUT2D eigenvalue weighted by molar-refractivity contribution is -0.384. The van der Waals surface area contributed by atoms with Gasteiger partial charge in [0.1, 0.15) is 13.2 Å². The maximum atomic E-state index is 13.1. The van der Waals surface area contributed by atoms with E-state index in [-0.39, 0.29) is 30.0 Å². The molecular formula is C25H28N2O6. The molecule has 0 amide bonds. The number of nitrogens with zero attached hydrogens (tertiary/aromatic N) is 1. The summed E-state index contributed by atoms with van der Waals surface area (Å²) in [7, 11) is 0. The molecule has 1 aromatic rings. The topological polar surface area (TPSA) is 108 Å². The Morgan fingerprint density at radius 2 is 1.79 bits per heavy atom. The maximum Gasteiger partial charge on any atom is 0.337 e. The monoisotopic (exact) mass is 452 g/mol. The number of rotatable bonds is 9. The summed E-state index contributed by atoms with van der Waals surface area (Å²) in [4.78, 5) is 37.0. The van der Waals surface area contributed by atoms with Crippen LogP contribution in [0.5, 0.6) is 0 Å². The molecule has 0 spiro atoms. The fourth-order valence-electron chi connectivity index (χ4n) is 3.40. The molecule has 0 saturated heterocycles. The Kier molecular flexibility index (Phi) is 8.91. The summed E-state index contributed by atoms with van der Waals surface area (Å²) in [5.74, 6) is -2.19. The van der Waals surface area contributed by atoms with Gasteiger partial charge in [0.2, 0.25) is 0 Å². The van der Waals surface area contributed by atoms with Crippen molar-refractivity contribution in [2.45, 2.75) is 33.6 Å². The molecule has 1 aliphatic rings. The predicted octanol–water partition coefficient (Wildman–Crippen LogP) is 4.62. The molecule has 174 valence electrons. The van der Waals surface area contributed by atoms with Gasteiger partial charge in [0.25, 0.3) is 5.69 Å². The van der Waals surface area contributed by atoms with Gasteiger partial charge in [-0.3, -0.25) is 10.1 Å². The van der Waals surface area contributed by atoms with Crippen LogP contribution >= 0.6 is 0 Å². The fraction of sp³-hybridized carbons (Fsp3) is 0.280. The summed E-state index contributed by atoms with van der Waals surface area (Å²) in [6, 6.07) is 5.84. The fourth-order valence-corrected chi connectivity index (χ4v) is 3.40. The van der Waals surface area contributed by atoms with Crippen molar-refractivity contribution in [2.24, 2.45) is 0 Å². The molecule has 0 saturated carbocycles. The molecule has 1 unspecified atom stereocenters. The van der Waals surface area contributed by atoms with Crippen molar-refractivity contribution in [2.75, 3.05) is 13.2 Å². The molecule has 1 aliphatic heterocycles. The summed E-state index contributed by atoms with van der Waals surface area (Å²) >= 11 is 0. The van der Waals surface area contributed by atoms with Gasteiger partial charge in [-0.1, -0.05) is 36.9 Å². The molecule has 0 radical (unpaired) electrons. The van der Waals surface area contributed by atoms with Crippen LogP contribution in [0.1, 0.15) is 39.2 Å². The summed E-state index contributed by atoms with van der Waals surface area (Å²) in [5, 5.41) is 14.4. The van der Waals surface area contributed by atoms with Gasteiger partial charge < -0.3 is 14.8 Å². The zero-order chi connectivity index (χ0) is 24.5. The molecule has 1 aromatic carbocycles. The number of carbonyl (C=O) groups is 2. The van der Waals surface area contributed by atoms with E-state index in [4.69, 9.17) is 9.47 Å². The summed E-state index contributed by atoms with van der Waals surface area (Å²) < 4.78 is 10.8. The number of allylic oxidation sites excluding steroid dienone is 5. The van der Waals surface area contributed by atoms with Gasteiger partial charge in [0, 0.05) is 23.5 Å². The van der Waals surface area contributed by atoms with E-state index in [1.54, 1.807) is 45.1 Å². The molecule has 33 heavy (non-hydrogen) atoms. The van der Waals surface area contributed by atoms with Crippen LogP contribution in [0.2, 0.25) is 0 Å². The highest BCUT2D eigenvalue weighted by Gasteiger charge is 2.38. The Hall–Kier alpha value is -3.94. The van der Waals surface area contributed by atoms with Crippen LogP contribution in [0.15, 0.2) is 83.3 Å². The zero-order valence-corrected chi connectivity index (χ0v) is 19.2. The molecule has 1 N–H and O–H groups in total. The van der Waals surface area contributed by atoms with Crippen LogP contribution in [0.3, 0.4) is 0 Å². The molecule has 0 fully saturated rings. The van der Waals surface area contributed by atoms with Crippen LogP contribution < -0.4 is 5.32 Å². The lowest BCUT2D eigenvalue weighted by Gasteiger charge is -2.30. The molecule has 0 aliphatic carbocycles. The highest BCUT2D eigenvalue weighted by Crippen LogP contribution is 2.40. The Bertz CT molecular complexity index is 1080. The van der Waals surface area contributed by atoms with Crippen LogP contribution in [-0.2, 0) is 19.1 Å². The number of non-ortho nitro benzene ring substituents is 1. The first-order chi connectivity index (χ1) is 15.7. The number of nitro groups is 1. The van der Waals surface area contributed by atoms with Gasteiger partial charge in [-0.05, 0) is 44.9 Å². The Labute approximate surface area is 193 Å². The normalized spacial score (nSPS) is 16.2. The zero-order valence-electron chi connectivity index (χ0n) is 19.2. The second-order valence-electron chi connectivity index (χ2n) is 7.57. The van der Waals surface area contributed by atoms with E-state index < -0.39 is 22.8 Å². The average Bonchev–Trinajstić information content (AvgIpc) is 2.76. The third-order valence-corrected chi connectivity index (χ3v) is 4.81. The summed E-state index contributed by atoms with van der Waals surface area (Å²) in [6.07, 6.45) is 7.06. The molecule has 0 bridgehead atoms. The highest BCUT2D eigenvalue weighted by molar-refractivity contribution is 6.00. The Morgan fingerprint density at radius 1 is 1.15 bits per heavy atom. The number of hydrogen-bond acceptors (Lipinski definition) is 7. The van der Waals surface area contributed by atoms with Crippen LogP contribution in [0.4, 0.5) is 5.69 Å². The van der Waals surface area contributed by atoms with Crippen molar-refractivity contribution in [1.29, 1.82) is 0 Å². The van der Waals surface area contributed by atoms with Crippen molar-refractivity contribution in [3.8, 4) is 0 Å². The van der Waals surface area contributed by atoms with E-state index in [1.807, 2.05) is 13.0 Å². The van der Waals surface area contributed by atoms with Gasteiger partial charge in [0.05, 0.1) is 22.0 Å². The van der Waals surface area contributed by atoms with E-state index in [0.29, 0.717) is 22.5 Å². The van der Waals surface area contributed by atoms with E-state index >= 15 is 0 Å². The van der Waals surface area contributed by atoms with E-state index in [0.717, 1.165) is 0 Å². The number of nitrogens with one attached hydrogen (secondary N) is 1. The van der Waals surface area contributed by atoms with Gasteiger partial charge in [0.15, 0.2) is 0 Å². The van der Waals surface area contributed by atoms with Crippen molar-refractivity contribution >= 4 is 17.6 Å². The van der Waals surface area contributed by atoms with Gasteiger partial charge in [-0.25, -0.2) is 9.59 Å². The second-order valence-corrected chi connectivity index (χ2v) is 7.57. The van der Waals surface area contributed by atoms with E-state index in [2.05, 4.69) is 11.9 Å². The van der Waals surface area contributed by atoms with Crippen LogP contribution in [-0.4, -0.2) is 30.1 Å². The largest absolute Gasteiger partial charge is 0.458 e. The minimum absolute atomic E-state index is 0.00941. The number of esters is 2. The van der Waals surface area contributed by atoms with E-state index in [1.165, 1.54) is 18.2 Å². The first kappa shape index (κ1) is 25.3. The number of nitro benzene ring substituents is 1. The standard InChI is InChI=1S/C25H28N2O6/c1-6-7-8-9-13-32-24(28)21-17(4)26-18(5)22(25(29)33-15-16(2)3)23(21)19-11-10-12-20(14-19)27(30)31/h6-12,14,23,26H,2,13,15H2,1,3-5H3/b7-6+,9-8+. The third-order valence-electron chi connectivity index (χ3n) is 4.81. The predicted molar refractivity (Wildman–Crippen MR) is 125 cm³/mol. The SMILES string of the molecule is C=C(C)COC(=O)C1=C(C)NC(C)=C(C(=O)OC/C=C/C=C/C)C1c1cccc([N+](=O)[O-])c1. The lowest BCUT2D eigenvalue weighted by atomic mass is 9.80. The van der Waals surface area contributed by atoms with Gasteiger partial charge >= 0.3 is 11.9 Å². The van der Waals surface area contributed by atoms with E-state index in [9.17, 15) is 19.7 Å². The average molecular weight is 453 g/mol. The quantitative estimate of drug-likeness (QED) is 0.191. The van der Waals surface area contributed by atoms with Gasteiger partial charge in [-0.15, -0.1) is 0 Å². The lowest BCUT2D eigenvalue weighted by Crippen LogP contribution is -2.32. The molecule has 1 heterocycles. The summed E-state index contributed by atoms with van der Waals surface area (Å²) in [5.41, 5.74) is 2.24. The van der Waals surface area contributed by atoms with Crippen LogP contribution in [0, 0.1) is 10.1 Å². The number of ether oxygens (including phenoxy) is 2. The van der Waals surface area contributed by atoms with Crippen molar-refractivity contribution in [1.82, 2.24) is 5.32 Å². The molecule has 8 nitrogen and oxygen atoms in total. The van der Waals surface area contributed by atoms with Gasteiger partial charge in [-0.2, -0.15) is 0 Å². The Morgan fingerprint density at radius 3 is 2.36 bits per heavy atom. The maximum absolute atomic E-state index is 13.1. The molecule has 0 aromatic heterocycles. The molecule has 8 heteroatoms. The van der Waals surface area contributed by atoms with Crippen LogP contribution in [0.25, 0.3) is 0 Å². The first-order valence-corrected chi connectivity index (χ1v) is 10.4. The Balaban J connectivity index is 2.54. The number of carbonyl (C=O) groups excluding carboxylic acids is 2. The highest BCUT2D eigenvalue weighted by atomic mass is 16.6. The molecule has 2 rings (SSSR count). The third kappa shape index (κ3) is 6.52. The van der Waals surface area contributed by atoms with Crippen molar-refractivity contribution in [3.63, 3.8) is 0 Å². The minimum Gasteiger partial charge on any atom is -0.458 e. The molecule has 1 atom stereocenters. The van der Waals surface area contributed by atoms with Crippen molar-refractivity contribution < 1.29 is 24.0 Å².